The summed E-state index contributed by atoms with van der Waals surface area (Å²) in [5.74, 6) is 2.37. The lowest BCUT2D eigenvalue weighted by Crippen LogP contribution is -2.05. The minimum Gasteiger partial charge on any atom is -0.502 e. The lowest BCUT2D eigenvalue weighted by Gasteiger charge is -2.15. The molecule has 90 valence electrons. The lowest BCUT2D eigenvalue weighted by atomic mass is 9.92. The lowest BCUT2D eigenvalue weighted by molar-refractivity contribution is 0.194. The van der Waals surface area contributed by atoms with Gasteiger partial charge >= 0.3 is 0 Å². The highest BCUT2D eigenvalue weighted by molar-refractivity contribution is 4.60. The Bertz CT molecular complexity index is 151. The van der Waals surface area contributed by atoms with E-state index in [1.54, 1.807) is 0 Å². The van der Waals surface area contributed by atoms with Gasteiger partial charge in [-0.25, -0.2) is 0 Å². The fourth-order valence-electron chi connectivity index (χ4n) is 2.05. The molecule has 0 aromatic carbocycles. The zero-order chi connectivity index (χ0) is 11.7. The summed E-state index contributed by atoms with van der Waals surface area (Å²) >= 11 is 0. The summed E-state index contributed by atoms with van der Waals surface area (Å²) in [4.78, 5) is 0. The van der Waals surface area contributed by atoms with E-state index in [1.807, 2.05) is 0 Å². The quantitative estimate of drug-likeness (QED) is 0.506. The molecule has 0 N–H and O–H groups in total. The van der Waals surface area contributed by atoms with E-state index in [9.17, 15) is 0 Å². The van der Waals surface area contributed by atoms with Crippen molar-refractivity contribution in [3.05, 3.63) is 12.8 Å². The van der Waals surface area contributed by atoms with Gasteiger partial charge in [-0.15, -0.1) is 0 Å². The van der Waals surface area contributed by atoms with E-state index >= 15 is 0 Å². The van der Waals surface area contributed by atoms with Crippen LogP contribution < -0.4 is 0 Å². The highest BCUT2D eigenvalue weighted by atomic mass is 16.5. The van der Waals surface area contributed by atoms with Gasteiger partial charge in [0, 0.05) is 0 Å². The third kappa shape index (κ3) is 9.84. The number of ether oxygens (including phenoxy) is 1. The van der Waals surface area contributed by atoms with Gasteiger partial charge in [-0.05, 0) is 30.6 Å². The predicted molar refractivity (Wildman–Crippen MR) is 67.8 cm³/mol. The van der Waals surface area contributed by atoms with E-state index in [-0.39, 0.29) is 0 Å². The fraction of sp³-hybridized carbons (Fsp3) is 0.857. The normalized spacial score (nSPS) is 15.0. The van der Waals surface area contributed by atoms with E-state index in [1.165, 1.54) is 31.9 Å². The van der Waals surface area contributed by atoms with Crippen molar-refractivity contribution in [3.8, 4) is 0 Å². The van der Waals surface area contributed by atoms with Crippen LogP contribution in [-0.2, 0) is 4.74 Å². The molecule has 0 fully saturated rings. The van der Waals surface area contributed by atoms with Crippen LogP contribution in [0, 0.1) is 17.8 Å². The van der Waals surface area contributed by atoms with E-state index < -0.39 is 0 Å². The number of hydrogen-bond acceptors (Lipinski definition) is 1. The van der Waals surface area contributed by atoms with Crippen molar-refractivity contribution in [1.82, 2.24) is 0 Å². The minimum atomic E-state index is 0.661. The van der Waals surface area contributed by atoms with Crippen LogP contribution in [0.5, 0.6) is 0 Å². The molecule has 1 heteroatoms. The first-order valence-electron chi connectivity index (χ1n) is 6.28. The molecule has 0 saturated heterocycles. The summed E-state index contributed by atoms with van der Waals surface area (Å²) in [6.07, 6.45) is 6.86. The summed E-state index contributed by atoms with van der Waals surface area (Å²) in [6.45, 7) is 13.6. The molecule has 0 amide bonds. The monoisotopic (exact) mass is 212 g/mol. The Labute approximate surface area is 95.9 Å². The molecule has 0 spiro atoms. The highest BCUT2D eigenvalue weighted by Gasteiger charge is 2.07. The van der Waals surface area contributed by atoms with Crippen molar-refractivity contribution in [1.29, 1.82) is 0 Å². The van der Waals surface area contributed by atoms with Gasteiger partial charge in [0.2, 0.25) is 0 Å². The molecule has 0 aliphatic heterocycles. The molecule has 0 saturated carbocycles. The van der Waals surface area contributed by atoms with Gasteiger partial charge in [-0.2, -0.15) is 0 Å². The van der Waals surface area contributed by atoms with Crippen molar-refractivity contribution in [2.45, 2.75) is 53.4 Å². The minimum absolute atomic E-state index is 0.661. The average molecular weight is 212 g/mol. The van der Waals surface area contributed by atoms with Gasteiger partial charge in [0.15, 0.2) is 0 Å². The number of hydrogen-bond donors (Lipinski definition) is 0. The zero-order valence-corrected chi connectivity index (χ0v) is 11.0. The summed E-state index contributed by atoms with van der Waals surface area (Å²) in [5.41, 5.74) is 0. The van der Waals surface area contributed by atoms with Gasteiger partial charge in [0.1, 0.15) is 0 Å². The molecule has 15 heavy (non-hydrogen) atoms. The Kier molecular flexibility index (Phi) is 8.55. The first-order chi connectivity index (χ1) is 7.06. The zero-order valence-electron chi connectivity index (χ0n) is 11.0. The molecular weight excluding hydrogens is 184 g/mol. The second kappa shape index (κ2) is 8.82. The average Bonchev–Trinajstić information content (AvgIpc) is 2.13. The largest absolute Gasteiger partial charge is 0.502 e. The highest BCUT2D eigenvalue weighted by Crippen LogP contribution is 2.19. The Morgan fingerprint density at radius 3 is 2.20 bits per heavy atom. The summed E-state index contributed by atoms with van der Waals surface area (Å²) < 4.78 is 5.18. The smallest absolute Gasteiger partial charge is 0.0898 e. The molecule has 0 aromatic heterocycles. The first kappa shape index (κ1) is 14.5. The van der Waals surface area contributed by atoms with E-state index in [4.69, 9.17) is 4.74 Å². The van der Waals surface area contributed by atoms with Crippen molar-refractivity contribution < 1.29 is 4.74 Å². The van der Waals surface area contributed by atoms with Crippen LogP contribution in [0.25, 0.3) is 0 Å². The molecule has 0 heterocycles. The Morgan fingerprint density at radius 2 is 1.67 bits per heavy atom. The molecule has 1 nitrogen and oxygen atoms in total. The molecule has 2 unspecified atom stereocenters. The Balaban J connectivity index is 3.39. The SMILES string of the molecule is C=COCC(C)CCCC(C)CC(C)C. The molecule has 2 atom stereocenters. The third-order valence-corrected chi connectivity index (χ3v) is 2.77. The maximum Gasteiger partial charge on any atom is 0.0898 e. The van der Waals surface area contributed by atoms with Crippen LogP contribution in [0.2, 0.25) is 0 Å². The van der Waals surface area contributed by atoms with Crippen LogP contribution in [0.15, 0.2) is 12.8 Å². The van der Waals surface area contributed by atoms with Crippen molar-refractivity contribution in [3.63, 3.8) is 0 Å². The summed E-state index contributed by atoms with van der Waals surface area (Å²) in [5, 5.41) is 0. The van der Waals surface area contributed by atoms with Gasteiger partial charge in [0.05, 0.1) is 12.9 Å². The molecule has 0 aliphatic carbocycles. The van der Waals surface area contributed by atoms with Crippen LogP contribution in [0.1, 0.15) is 53.4 Å². The van der Waals surface area contributed by atoms with Crippen LogP contribution in [0.3, 0.4) is 0 Å². The summed E-state index contributed by atoms with van der Waals surface area (Å²) in [6, 6.07) is 0. The molecule has 0 radical (unpaired) electrons. The maximum atomic E-state index is 5.18. The first-order valence-corrected chi connectivity index (χ1v) is 6.28. The van der Waals surface area contributed by atoms with Gasteiger partial charge in [-0.1, -0.05) is 47.1 Å². The van der Waals surface area contributed by atoms with E-state index in [2.05, 4.69) is 34.3 Å². The third-order valence-electron chi connectivity index (χ3n) is 2.77. The number of rotatable bonds is 9. The molecule has 0 aliphatic rings. The second-order valence-electron chi connectivity index (χ2n) is 5.27. The predicted octanol–water partition coefficient (Wildman–Crippen LogP) is 4.64. The van der Waals surface area contributed by atoms with Gasteiger partial charge < -0.3 is 4.74 Å². The molecular formula is C14H28O. The molecule has 0 rings (SSSR count). The van der Waals surface area contributed by atoms with E-state index in [0.717, 1.165) is 18.4 Å². The van der Waals surface area contributed by atoms with Crippen LogP contribution >= 0.6 is 0 Å². The fourth-order valence-corrected chi connectivity index (χ4v) is 2.05. The van der Waals surface area contributed by atoms with Crippen molar-refractivity contribution in [2.24, 2.45) is 17.8 Å². The van der Waals surface area contributed by atoms with Gasteiger partial charge in [-0.3, -0.25) is 0 Å². The van der Waals surface area contributed by atoms with Crippen molar-refractivity contribution >= 4 is 0 Å². The van der Waals surface area contributed by atoms with Crippen molar-refractivity contribution in [2.75, 3.05) is 6.61 Å². The Morgan fingerprint density at radius 1 is 1.07 bits per heavy atom. The molecule has 0 bridgehead atoms. The van der Waals surface area contributed by atoms with Crippen LogP contribution in [0.4, 0.5) is 0 Å². The second-order valence-corrected chi connectivity index (χ2v) is 5.27. The standard InChI is InChI=1S/C14H28O/c1-6-15-11-14(5)9-7-8-13(4)10-12(2)3/h6,12-14H,1,7-11H2,2-5H3. The Hall–Kier alpha value is -0.460. The van der Waals surface area contributed by atoms with E-state index in [0.29, 0.717) is 5.92 Å². The van der Waals surface area contributed by atoms with Crippen LogP contribution in [-0.4, -0.2) is 6.61 Å². The molecule has 0 aromatic rings. The topological polar surface area (TPSA) is 9.23 Å². The summed E-state index contributed by atoms with van der Waals surface area (Å²) in [7, 11) is 0. The maximum absolute atomic E-state index is 5.18. The van der Waals surface area contributed by atoms with Gasteiger partial charge in [0.25, 0.3) is 0 Å².